The molecule has 0 bridgehead atoms. The molecule has 1 aliphatic rings. The van der Waals surface area contributed by atoms with E-state index < -0.39 is 0 Å². The average Bonchev–Trinajstić information content (AvgIpc) is 3.11. The minimum Gasteiger partial charge on any atom is -0.329 e. The largest absolute Gasteiger partial charge is 0.329 e. The molecule has 1 atom stereocenters. The number of nitrogens with one attached hydrogen (secondary N) is 1. The van der Waals surface area contributed by atoms with Gasteiger partial charge in [0.1, 0.15) is 0 Å². The van der Waals surface area contributed by atoms with Crippen molar-refractivity contribution in [3.63, 3.8) is 0 Å². The number of aryl methyl sites for hydroxylation is 1. The van der Waals surface area contributed by atoms with Crippen LogP contribution in [0.3, 0.4) is 0 Å². The zero-order chi connectivity index (χ0) is 16.2. The maximum atomic E-state index is 12.4. The number of carbonyl (C=O) groups is 1. The molecule has 122 valence electrons. The molecule has 1 N–H and O–H groups in total. The van der Waals surface area contributed by atoms with Crippen LogP contribution in [0, 0.1) is 0 Å². The molecule has 6 heteroatoms. The molecule has 1 amide bonds. The van der Waals surface area contributed by atoms with E-state index in [2.05, 4.69) is 22.1 Å². The number of benzene rings is 1. The van der Waals surface area contributed by atoms with Crippen molar-refractivity contribution in [3.05, 3.63) is 36.7 Å². The molecule has 0 saturated carbocycles. The fourth-order valence-corrected chi connectivity index (χ4v) is 3.70. The number of aromatic nitrogens is 2. The Bertz CT molecular complexity index is 685. The highest BCUT2D eigenvalue weighted by molar-refractivity contribution is 7.99. The van der Waals surface area contributed by atoms with Gasteiger partial charge in [-0.3, -0.25) is 9.69 Å². The van der Waals surface area contributed by atoms with Gasteiger partial charge in [-0.05, 0) is 50.2 Å². The Labute approximate surface area is 141 Å². The molecule has 1 aliphatic heterocycles. The number of rotatable bonds is 5. The Hall–Kier alpha value is -1.79. The first kappa shape index (κ1) is 16.1. The number of imidazole rings is 1. The summed E-state index contributed by atoms with van der Waals surface area (Å²) in [5, 5.41) is 3.95. The Morgan fingerprint density at radius 2 is 2.26 bits per heavy atom. The zero-order valence-corrected chi connectivity index (χ0v) is 14.3. The van der Waals surface area contributed by atoms with Gasteiger partial charge in [0.05, 0.1) is 12.2 Å². The van der Waals surface area contributed by atoms with Crippen molar-refractivity contribution in [1.82, 2.24) is 14.5 Å². The smallest absolute Gasteiger partial charge is 0.238 e. The van der Waals surface area contributed by atoms with Crippen molar-refractivity contribution < 1.29 is 4.79 Å². The van der Waals surface area contributed by atoms with Crippen molar-refractivity contribution in [3.8, 4) is 0 Å². The maximum absolute atomic E-state index is 12.4. The highest BCUT2D eigenvalue weighted by Gasteiger charge is 2.22. The summed E-state index contributed by atoms with van der Waals surface area (Å²) in [5.74, 6) is 0.0478. The summed E-state index contributed by atoms with van der Waals surface area (Å²) in [6.07, 6.45) is 6.05. The van der Waals surface area contributed by atoms with Gasteiger partial charge in [-0.15, -0.1) is 0 Å². The van der Waals surface area contributed by atoms with Gasteiger partial charge in [-0.2, -0.15) is 0 Å². The summed E-state index contributed by atoms with van der Waals surface area (Å²) in [7, 11) is 1.96. The SMILES string of the molecule is C[C@@H]1CCCN1CC(=O)Nc1ccccc1Sc1nccn1C. The van der Waals surface area contributed by atoms with Crippen molar-refractivity contribution in [2.24, 2.45) is 7.05 Å². The lowest BCUT2D eigenvalue weighted by molar-refractivity contribution is -0.117. The standard InChI is InChI=1S/C17H22N4OS/c1-13-6-5-10-21(13)12-16(22)19-14-7-3-4-8-15(14)23-17-18-9-11-20(17)2/h3-4,7-9,11,13H,5-6,10,12H2,1-2H3,(H,19,22)/t13-/m1/s1. The molecule has 5 nitrogen and oxygen atoms in total. The molecule has 23 heavy (non-hydrogen) atoms. The number of carbonyl (C=O) groups excluding carboxylic acids is 1. The van der Waals surface area contributed by atoms with E-state index in [-0.39, 0.29) is 5.91 Å². The van der Waals surface area contributed by atoms with Crippen molar-refractivity contribution >= 4 is 23.4 Å². The predicted molar refractivity (Wildman–Crippen MR) is 92.7 cm³/mol. The van der Waals surface area contributed by atoms with E-state index in [1.54, 1.807) is 18.0 Å². The predicted octanol–water partition coefficient (Wildman–Crippen LogP) is 2.99. The highest BCUT2D eigenvalue weighted by Crippen LogP contribution is 2.32. The second kappa shape index (κ2) is 7.19. The average molecular weight is 330 g/mol. The summed E-state index contributed by atoms with van der Waals surface area (Å²) in [6.45, 7) is 3.66. The first-order chi connectivity index (χ1) is 11.1. The molecule has 0 radical (unpaired) electrons. The molecular formula is C17H22N4OS. The third kappa shape index (κ3) is 3.95. The Morgan fingerprint density at radius 1 is 1.43 bits per heavy atom. The fraction of sp³-hybridized carbons (Fsp3) is 0.412. The van der Waals surface area contributed by atoms with Gasteiger partial charge in [0, 0.05) is 30.4 Å². The molecule has 0 spiro atoms. The normalized spacial score (nSPS) is 18.3. The van der Waals surface area contributed by atoms with E-state index in [0.717, 1.165) is 22.3 Å². The van der Waals surface area contributed by atoms with Crippen LogP contribution in [0.1, 0.15) is 19.8 Å². The minimum atomic E-state index is 0.0478. The third-order valence-corrected chi connectivity index (χ3v) is 5.33. The number of likely N-dealkylation sites (tertiary alicyclic amines) is 1. The summed E-state index contributed by atoms with van der Waals surface area (Å²) in [4.78, 5) is 19.9. The van der Waals surface area contributed by atoms with Crippen molar-refractivity contribution in [1.29, 1.82) is 0 Å². The monoisotopic (exact) mass is 330 g/mol. The van der Waals surface area contributed by atoms with Crippen LogP contribution < -0.4 is 5.32 Å². The molecule has 2 heterocycles. The van der Waals surface area contributed by atoms with Gasteiger partial charge < -0.3 is 9.88 Å². The Balaban J connectivity index is 1.68. The van der Waals surface area contributed by atoms with Crippen molar-refractivity contribution in [2.45, 2.75) is 35.9 Å². The lowest BCUT2D eigenvalue weighted by Gasteiger charge is -2.20. The molecule has 1 saturated heterocycles. The van der Waals surface area contributed by atoms with Crippen LogP contribution in [-0.4, -0.2) is 39.5 Å². The van der Waals surface area contributed by atoms with Crippen LogP contribution in [-0.2, 0) is 11.8 Å². The van der Waals surface area contributed by atoms with E-state index in [1.165, 1.54) is 12.8 Å². The summed E-state index contributed by atoms with van der Waals surface area (Å²) < 4.78 is 1.97. The molecule has 2 aromatic rings. The van der Waals surface area contributed by atoms with Gasteiger partial charge in [-0.25, -0.2) is 4.98 Å². The van der Waals surface area contributed by atoms with Crippen LogP contribution in [0.4, 0.5) is 5.69 Å². The second-order valence-corrected chi connectivity index (χ2v) is 6.94. The number of para-hydroxylation sites is 1. The molecule has 1 aromatic carbocycles. The van der Waals surface area contributed by atoms with E-state index in [9.17, 15) is 4.79 Å². The Morgan fingerprint density at radius 3 is 2.96 bits per heavy atom. The number of amides is 1. The van der Waals surface area contributed by atoms with E-state index in [0.29, 0.717) is 12.6 Å². The van der Waals surface area contributed by atoms with Crippen LogP contribution in [0.25, 0.3) is 0 Å². The first-order valence-corrected chi connectivity index (χ1v) is 8.73. The van der Waals surface area contributed by atoms with Gasteiger partial charge in [-0.1, -0.05) is 12.1 Å². The topological polar surface area (TPSA) is 50.2 Å². The van der Waals surface area contributed by atoms with Crippen molar-refractivity contribution in [2.75, 3.05) is 18.4 Å². The van der Waals surface area contributed by atoms with Gasteiger partial charge in [0.25, 0.3) is 0 Å². The quantitative estimate of drug-likeness (QED) is 0.916. The maximum Gasteiger partial charge on any atom is 0.238 e. The highest BCUT2D eigenvalue weighted by atomic mass is 32.2. The third-order valence-electron chi connectivity index (χ3n) is 4.18. The van der Waals surface area contributed by atoms with Crippen LogP contribution in [0.15, 0.2) is 46.7 Å². The van der Waals surface area contributed by atoms with E-state index in [1.807, 2.05) is 42.1 Å². The summed E-state index contributed by atoms with van der Waals surface area (Å²) >= 11 is 1.56. The van der Waals surface area contributed by atoms with Crippen LogP contribution in [0.2, 0.25) is 0 Å². The van der Waals surface area contributed by atoms with Gasteiger partial charge in [0.15, 0.2) is 5.16 Å². The molecule has 3 rings (SSSR count). The fourth-order valence-electron chi connectivity index (χ4n) is 2.81. The summed E-state index contributed by atoms with van der Waals surface area (Å²) in [6, 6.07) is 8.36. The molecule has 0 aliphatic carbocycles. The molecule has 1 aromatic heterocycles. The lowest BCUT2D eigenvalue weighted by atomic mass is 10.2. The van der Waals surface area contributed by atoms with Gasteiger partial charge in [0.2, 0.25) is 5.91 Å². The number of nitrogens with zero attached hydrogens (tertiary/aromatic N) is 3. The number of hydrogen-bond donors (Lipinski definition) is 1. The van der Waals surface area contributed by atoms with E-state index in [4.69, 9.17) is 0 Å². The van der Waals surface area contributed by atoms with E-state index >= 15 is 0 Å². The minimum absolute atomic E-state index is 0.0478. The van der Waals surface area contributed by atoms with Crippen LogP contribution >= 0.6 is 11.8 Å². The molecule has 1 fully saturated rings. The second-order valence-electron chi connectivity index (χ2n) is 5.93. The number of anilines is 1. The summed E-state index contributed by atoms with van der Waals surface area (Å²) in [5.41, 5.74) is 0.845. The number of hydrogen-bond acceptors (Lipinski definition) is 4. The Kier molecular flexibility index (Phi) is 5.03. The zero-order valence-electron chi connectivity index (χ0n) is 13.5. The lowest BCUT2D eigenvalue weighted by Crippen LogP contribution is -2.35. The molecule has 0 unspecified atom stereocenters. The van der Waals surface area contributed by atoms with Gasteiger partial charge >= 0.3 is 0 Å². The van der Waals surface area contributed by atoms with Crippen LogP contribution in [0.5, 0.6) is 0 Å². The molecular weight excluding hydrogens is 308 g/mol. The first-order valence-electron chi connectivity index (χ1n) is 7.91.